The summed E-state index contributed by atoms with van der Waals surface area (Å²) in [6.45, 7) is 4.56. The number of sulfone groups is 1. The molecule has 7 heteroatoms. The summed E-state index contributed by atoms with van der Waals surface area (Å²) >= 11 is 0. The second kappa shape index (κ2) is 5.62. The highest BCUT2D eigenvalue weighted by Crippen LogP contribution is 2.20. The quantitative estimate of drug-likeness (QED) is 0.813. The fourth-order valence-corrected chi connectivity index (χ4v) is 2.21. The predicted molar refractivity (Wildman–Crippen MR) is 72.4 cm³/mol. The Morgan fingerprint density at radius 3 is 2.39 bits per heavy atom. The minimum atomic E-state index is -2.99. The molecule has 0 aliphatic rings. The van der Waals surface area contributed by atoms with Gasteiger partial charge in [-0.25, -0.2) is 8.42 Å². The van der Waals surface area contributed by atoms with Crippen molar-refractivity contribution in [1.29, 1.82) is 0 Å². The lowest BCUT2D eigenvalue weighted by Gasteiger charge is -2.21. The topological polar surface area (TPSA) is 89.2 Å². The van der Waals surface area contributed by atoms with Crippen LogP contribution < -0.4 is 10.6 Å². The van der Waals surface area contributed by atoms with Crippen LogP contribution in [0.15, 0.2) is 0 Å². The average Bonchev–Trinajstić information content (AvgIpc) is 2.28. The van der Waals surface area contributed by atoms with E-state index >= 15 is 0 Å². The fourth-order valence-electron chi connectivity index (χ4n) is 1.60. The highest BCUT2D eigenvalue weighted by Gasteiger charge is 2.14. The lowest BCUT2D eigenvalue weighted by atomic mass is 10.1. The molecule has 0 atom stereocenters. The first-order chi connectivity index (χ1) is 8.26. The number of anilines is 1. The van der Waals surface area contributed by atoms with Crippen molar-refractivity contribution < 1.29 is 8.42 Å². The summed E-state index contributed by atoms with van der Waals surface area (Å²) in [5.74, 6) is 0.742. The summed E-state index contributed by atoms with van der Waals surface area (Å²) in [4.78, 5) is 1.78. The SMILES string of the molecule is Cc1nnc(N(C)CCS(C)(=O)=O)c(CN)c1C. The molecule has 1 aromatic rings. The van der Waals surface area contributed by atoms with E-state index in [0.717, 1.165) is 16.8 Å². The fraction of sp³-hybridized carbons (Fsp3) is 0.636. The molecule has 1 rings (SSSR count). The van der Waals surface area contributed by atoms with Crippen LogP contribution >= 0.6 is 0 Å². The van der Waals surface area contributed by atoms with Crippen molar-refractivity contribution in [2.75, 3.05) is 30.5 Å². The Balaban J connectivity index is 2.99. The molecule has 0 saturated heterocycles. The first kappa shape index (κ1) is 14.8. The van der Waals surface area contributed by atoms with Gasteiger partial charge in [-0.1, -0.05) is 0 Å². The molecule has 0 aliphatic carbocycles. The Hall–Kier alpha value is -1.21. The van der Waals surface area contributed by atoms with Gasteiger partial charge in [0.25, 0.3) is 0 Å². The largest absolute Gasteiger partial charge is 0.357 e. The van der Waals surface area contributed by atoms with Gasteiger partial charge in [0.1, 0.15) is 9.84 Å². The van der Waals surface area contributed by atoms with E-state index in [2.05, 4.69) is 10.2 Å². The number of rotatable bonds is 5. The second-order valence-electron chi connectivity index (χ2n) is 4.47. The molecular weight excluding hydrogens is 252 g/mol. The van der Waals surface area contributed by atoms with Gasteiger partial charge in [-0.15, -0.1) is 5.10 Å². The molecule has 0 unspecified atom stereocenters. The molecule has 0 radical (unpaired) electrons. The van der Waals surface area contributed by atoms with E-state index in [1.165, 1.54) is 6.26 Å². The molecule has 0 spiro atoms. The molecule has 0 bridgehead atoms. The van der Waals surface area contributed by atoms with Crippen molar-refractivity contribution in [3.05, 3.63) is 16.8 Å². The van der Waals surface area contributed by atoms with Crippen molar-refractivity contribution in [2.24, 2.45) is 5.73 Å². The summed E-state index contributed by atoms with van der Waals surface area (Å²) < 4.78 is 22.3. The molecular formula is C11H20N4O2S. The highest BCUT2D eigenvalue weighted by atomic mass is 32.2. The number of nitrogens with two attached hydrogens (primary N) is 1. The Morgan fingerprint density at radius 2 is 1.89 bits per heavy atom. The number of hydrogen-bond donors (Lipinski definition) is 1. The Labute approximate surface area is 108 Å². The van der Waals surface area contributed by atoms with Gasteiger partial charge >= 0.3 is 0 Å². The highest BCUT2D eigenvalue weighted by molar-refractivity contribution is 7.90. The maximum atomic E-state index is 11.2. The van der Waals surface area contributed by atoms with E-state index in [1.54, 1.807) is 11.9 Å². The van der Waals surface area contributed by atoms with Gasteiger partial charge in [0, 0.05) is 32.0 Å². The van der Waals surface area contributed by atoms with Gasteiger partial charge in [-0.05, 0) is 19.4 Å². The summed E-state index contributed by atoms with van der Waals surface area (Å²) in [6, 6.07) is 0. The number of nitrogens with zero attached hydrogens (tertiary/aromatic N) is 3. The zero-order valence-electron chi connectivity index (χ0n) is 11.3. The molecule has 1 heterocycles. The zero-order valence-corrected chi connectivity index (χ0v) is 12.1. The molecule has 1 aromatic heterocycles. The average molecular weight is 272 g/mol. The molecule has 102 valence electrons. The van der Waals surface area contributed by atoms with E-state index in [1.807, 2.05) is 13.8 Å². The van der Waals surface area contributed by atoms with Gasteiger partial charge < -0.3 is 10.6 Å². The summed E-state index contributed by atoms with van der Waals surface area (Å²) in [5.41, 5.74) is 8.49. The van der Waals surface area contributed by atoms with Gasteiger partial charge in [-0.3, -0.25) is 0 Å². The second-order valence-corrected chi connectivity index (χ2v) is 6.73. The Morgan fingerprint density at radius 1 is 1.28 bits per heavy atom. The maximum absolute atomic E-state index is 11.2. The Kier molecular flexibility index (Phi) is 4.64. The normalized spacial score (nSPS) is 11.6. The molecule has 2 N–H and O–H groups in total. The summed E-state index contributed by atoms with van der Waals surface area (Å²) in [5, 5.41) is 8.17. The van der Waals surface area contributed by atoms with Gasteiger partial charge in [0.15, 0.2) is 5.82 Å². The predicted octanol–water partition coefficient (Wildman–Crippen LogP) is 0.0329. The van der Waals surface area contributed by atoms with Crippen molar-refractivity contribution >= 4 is 15.7 Å². The lowest BCUT2D eigenvalue weighted by Crippen LogP contribution is -2.28. The third-order valence-corrected chi connectivity index (χ3v) is 3.85. The number of aryl methyl sites for hydroxylation is 1. The van der Waals surface area contributed by atoms with Crippen molar-refractivity contribution in [3.8, 4) is 0 Å². The van der Waals surface area contributed by atoms with Crippen LogP contribution in [0, 0.1) is 13.8 Å². The van der Waals surface area contributed by atoms with Crippen molar-refractivity contribution in [1.82, 2.24) is 10.2 Å². The first-order valence-corrected chi connectivity index (χ1v) is 7.74. The van der Waals surface area contributed by atoms with Crippen LogP contribution in [0.4, 0.5) is 5.82 Å². The van der Waals surface area contributed by atoms with E-state index in [9.17, 15) is 8.42 Å². The van der Waals surface area contributed by atoms with E-state index in [4.69, 9.17) is 5.73 Å². The van der Waals surface area contributed by atoms with E-state index < -0.39 is 9.84 Å². The number of hydrogen-bond acceptors (Lipinski definition) is 6. The van der Waals surface area contributed by atoms with Crippen molar-refractivity contribution in [2.45, 2.75) is 20.4 Å². The van der Waals surface area contributed by atoms with Crippen LogP contribution in [0.1, 0.15) is 16.8 Å². The van der Waals surface area contributed by atoms with Crippen molar-refractivity contribution in [3.63, 3.8) is 0 Å². The molecule has 0 fully saturated rings. The number of aromatic nitrogens is 2. The molecule has 0 aromatic carbocycles. The molecule has 0 amide bonds. The van der Waals surface area contributed by atoms with Crippen LogP contribution in [0.25, 0.3) is 0 Å². The van der Waals surface area contributed by atoms with Crippen LogP contribution in [0.3, 0.4) is 0 Å². The first-order valence-electron chi connectivity index (χ1n) is 5.68. The third kappa shape index (κ3) is 3.64. The summed E-state index contributed by atoms with van der Waals surface area (Å²) in [6.07, 6.45) is 1.22. The molecule has 0 aliphatic heterocycles. The Bertz CT molecular complexity index is 528. The smallest absolute Gasteiger partial charge is 0.155 e. The minimum Gasteiger partial charge on any atom is -0.357 e. The van der Waals surface area contributed by atoms with Gasteiger partial charge in [0.2, 0.25) is 0 Å². The van der Waals surface area contributed by atoms with Crippen LogP contribution in [-0.4, -0.2) is 44.2 Å². The molecule has 0 saturated carbocycles. The van der Waals surface area contributed by atoms with E-state index in [0.29, 0.717) is 18.9 Å². The summed E-state index contributed by atoms with van der Waals surface area (Å²) in [7, 11) is -1.19. The monoisotopic (exact) mass is 272 g/mol. The van der Waals surface area contributed by atoms with Gasteiger partial charge in [0.05, 0.1) is 11.4 Å². The minimum absolute atomic E-state index is 0.0854. The van der Waals surface area contributed by atoms with Gasteiger partial charge in [-0.2, -0.15) is 5.10 Å². The molecule has 18 heavy (non-hydrogen) atoms. The zero-order chi connectivity index (χ0) is 13.9. The van der Waals surface area contributed by atoms with Crippen LogP contribution in [0.5, 0.6) is 0 Å². The van der Waals surface area contributed by atoms with Crippen LogP contribution in [-0.2, 0) is 16.4 Å². The molecule has 6 nitrogen and oxygen atoms in total. The standard InChI is InChI=1S/C11H20N4O2S/c1-8-9(2)13-14-11(10(8)7-12)15(3)5-6-18(4,16)17/h5-7,12H2,1-4H3. The van der Waals surface area contributed by atoms with Crippen LogP contribution in [0.2, 0.25) is 0 Å². The third-order valence-electron chi connectivity index (χ3n) is 2.92. The van der Waals surface area contributed by atoms with E-state index in [-0.39, 0.29) is 5.75 Å². The maximum Gasteiger partial charge on any atom is 0.155 e. The lowest BCUT2D eigenvalue weighted by molar-refractivity contribution is 0.600.